The van der Waals surface area contributed by atoms with Gasteiger partial charge in [-0.2, -0.15) is 0 Å². The SMILES string of the molecule is CC1(C(=O)NC2CCC(CS(C)(=O)=O)CC2)COC1. The summed E-state index contributed by atoms with van der Waals surface area (Å²) in [6.45, 7) is 2.92. The Balaban J connectivity index is 1.76. The molecular formula is C13H23NO4S. The zero-order chi connectivity index (χ0) is 14.1. The predicted molar refractivity (Wildman–Crippen MR) is 72.5 cm³/mol. The average molecular weight is 289 g/mol. The van der Waals surface area contributed by atoms with Crippen molar-refractivity contribution in [2.24, 2.45) is 11.3 Å². The molecule has 19 heavy (non-hydrogen) atoms. The van der Waals surface area contributed by atoms with Crippen LogP contribution in [0.15, 0.2) is 0 Å². The molecule has 0 spiro atoms. The molecule has 0 unspecified atom stereocenters. The third kappa shape index (κ3) is 3.92. The van der Waals surface area contributed by atoms with Crippen molar-refractivity contribution >= 4 is 15.7 Å². The van der Waals surface area contributed by atoms with Crippen LogP contribution in [-0.4, -0.2) is 45.6 Å². The third-order valence-corrected chi connectivity index (χ3v) is 5.19. The number of rotatable bonds is 4. The molecule has 0 atom stereocenters. The van der Waals surface area contributed by atoms with Crippen LogP contribution in [0.3, 0.4) is 0 Å². The number of sulfone groups is 1. The third-order valence-electron chi connectivity index (χ3n) is 4.11. The van der Waals surface area contributed by atoms with Crippen molar-refractivity contribution in [3.8, 4) is 0 Å². The maximum absolute atomic E-state index is 12.0. The Hall–Kier alpha value is -0.620. The van der Waals surface area contributed by atoms with Gasteiger partial charge in [-0.1, -0.05) is 0 Å². The fourth-order valence-corrected chi connectivity index (χ4v) is 3.99. The molecule has 6 heteroatoms. The van der Waals surface area contributed by atoms with Gasteiger partial charge in [-0.25, -0.2) is 8.42 Å². The van der Waals surface area contributed by atoms with Crippen molar-refractivity contribution in [3.05, 3.63) is 0 Å². The maximum atomic E-state index is 12.0. The molecule has 1 amide bonds. The van der Waals surface area contributed by atoms with Crippen molar-refractivity contribution in [3.63, 3.8) is 0 Å². The van der Waals surface area contributed by atoms with Gasteiger partial charge in [0.25, 0.3) is 0 Å². The minimum atomic E-state index is -2.89. The quantitative estimate of drug-likeness (QED) is 0.828. The second-order valence-electron chi connectivity index (χ2n) is 6.34. The summed E-state index contributed by atoms with van der Waals surface area (Å²) in [5.74, 6) is 0.607. The van der Waals surface area contributed by atoms with Crippen LogP contribution < -0.4 is 5.32 Å². The number of hydrogen-bond acceptors (Lipinski definition) is 4. The van der Waals surface area contributed by atoms with Gasteiger partial charge in [0.05, 0.1) is 24.4 Å². The van der Waals surface area contributed by atoms with E-state index in [1.165, 1.54) is 6.26 Å². The Morgan fingerprint density at radius 2 is 1.84 bits per heavy atom. The molecule has 1 heterocycles. The van der Waals surface area contributed by atoms with Crippen LogP contribution in [0.1, 0.15) is 32.6 Å². The lowest BCUT2D eigenvalue weighted by Gasteiger charge is -2.38. The summed E-state index contributed by atoms with van der Waals surface area (Å²) in [6.07, 6.45) is 4.81. The summed E-state index contributed by atoms with van der Waals surface area (Å²) in [4.78, 5) is 12.0. The van der Waals surface area contributed by atoms with E-state index in [0.717, 1.165) is 25.7 Å². The molecule has 2 aliphatic rings. The maximum Gasteiger partial charge on any atom is 0.230 e. The van der Waals surface area contributed by atoms with Crippen molar-refractivity contribution < 1.29 is 17.9 Å². The number of ether oxygens (including phenoxy) is 1. The zero-order valence-corrected chi connectivity index (χ0v) is 12.5. The molecule has 0 aromatic rings. The number of nitrogens with one attached hydrogen (secondary N) is 1. The summed E-state index contributed by atoms with van der Waals surface area (Å²) in [7, 11) is -2.89. The molecule has 0 radical (unpaired) electrons. The lowest BCUT2D eigenvalue weighted by Crippen LogP contribution is -2.54. The van der Waals surface area contributed by atoms with Gasteiger partial charge in [-0.3, -0.25) is 4.79 Å². The zero-order valence-electron chi connectivity index (χ0n) is 11.6. The molecular weight excluding hydrogens is 266 g/mol. The Bertz CT molecular complexity index is 434. The topological polar surface area (TPSA) is 72.5 Å². The molecule has 1 aliphatic heterocycles. The average Bonchev–Trinajstić information content (AvgIpc) is 2.26. The highest BCUT2D eigenvalue weighted by Crippen LogP contribution is 2.29. The van der Waals surface area contributed by atoms with E-state index in [2.05, 4.69) is 5.32 Å². The van der Waals surface area contributed by atoms with Gasteiger partial charge >= 0.3 is 0 Å². The molecule has 110 valence electrons. The lowest BCUT2D eigenvalue weighted by molar-refractivity contribution is -0.158. The highest BCUT2D eigenvalue weighted by atomic mass is 32.2. The van der Waals surface area contributed by atoms with E-state index in [4.69, 9.17) is 4.74 Å². The van der Waals surface area contributed by atoms with Gasteiger partial charge in [-0.15, -0.1) is 0 Å². The molecule has 0 aromatic carbocycles. The van der Waals surface area contributed by atoms with E-state index in [1.807, 2.05) is 6.92 Å². The first-order valence-corrected chi connectivity index (χ1v) is 8.91. The smallest absolute Gasteiger partial charge is 0.230 e. The van der Waals surface area contributed by atoms with E-state index in [0.29, 0.717) is 13.2 Å². The fraction of sp³-hybridized carbons (Fsp3) is 0.923. The van der Waals surface area contributed by atoms with Gasteiger partial charge < -0.3 is 10.1 Å². The van der Waals surface area contributed by atoms with Gasteiger partial charge in [0.1, 0.15) is 9.84 Å². The first-order chi connectivity index (χ1) is 8.78. The van der Waals surface area contributed by atoms with Crippen LogP contribution in [0.5, 0.6) is 0 Å². The Morgan fingerprint density at radius 1 is 1.26 bits per heavy atom. The summed E-state index contributed by atoms with van der Waals surface area (Å²) < 4.78 is 27.6. The summed E-state index contributed by atoms with van der Waals surface area (Å²) in [5, 5.41) is 3.08. The highest BCUT2D eigenvalue weighted by molar-refractivity contribution is 7.90. The molecule has 2 rings (SSSR count). The van der Waals surface area contributed by atoms with E-state index in [1.54, 1.807) is 0 Å². The Labute approximate surface area is 115 Å². The largest absolute Gasteiger partial charge is 0.379 e. The van der Waals surface area contributed by atoms with Gasteiger partial charge in [0, 0.05) is 12.3 Å². The number of hydrogen-bond donors (Lipinski definition) is 1. The van der Waals surface area contributed by atoms with Crippen molar-refractivity contribution in [1.82, 2.24) is 5.32 Å². The second-order valence-corrected chi connectivity index (χ2v) is 8.52. The van der Waals surface area contributed by atoms with Crippen LogP contribution in [-0.2, 0) is 19.4 Å². The molecule has 1 aliphatic carbocycles. The van der Waals surface area contributed by atoms with E-state index >= 15 is 0 Å². The minimum absolute atomic E-state index is 0.0744. The van der Waals surface area contributed by atoms with Gasteiger partial charge in [0.2, 0.25) is 5.91 Å². The van der Waals surface area contributed by atoms with Crippen LogP contribution >= 0.6 is 0 Å². The summed E-state index contributed by atoms with van der Waals surface area (Å²) in [5.41, 5.74) is -0.358. The first kappa shape index (κ1) is 14.8. The molecule has 5 nitrogen and oxygen atoms in total. The number of amides is 1. The molecule has 1 saturated carbocycles. The van der Waals surface area contributed by atoms with Crippen LogP contribution in [0.2, 0.25) is 0 Å². The second kappa shape index (κ2) is 5.40. The molecule has 0 bridgehead atoms. The first-order valence-electron chi connectivity index (χ1n) is 6.85. The van der Waals surface area contributed by atoms with E-state index in [9.17, 15) is 13.2 Å². The van der Waals surface area contributed by atoms with Gasteiger partial charge in [-0.05, 0) is 38.5 Å². The standard InChI is InChI=1S/C13H23NO4S/c1-13(8-18-9-13)12(15)14-11-5-3-10(4-6-11)7-19(2,16)17/h10-11H,3-9H2,1-2H3,(H,14,15). The summed E-state index contributed by atoms with van der Waals surface area (Å²) >= 11 is 0. The van der Waals surface area contributed by atoms with Crippen molar-refractivity contribution in [1.29, 1.82) is 0 Å². The number of carbonyl (C=O) groups is 1. The predicted octanol–water partition coefficient (Wildman–Crippen LogP) is 0.743. The van der Waals surface area contributed by atoms with E-state index < -0.39 is 9.84 Å². The van der Waals surface area contributed by atoms with Gasteiger partial charge in [0.15, 0.2) is 0 Å². The Kier molecular flexibility index (Phi) is 4.20. The molecule has 1 saturated heterocycles. The lowest BCUT2D eigenvalue weighted by atomic mass is 9.84. The monoisotopic (exact) mass is 289 g/mol. The van der Waals surface area contributed by atoms with Crippen LogP contribution in [0, 0.1) is 11.3 Å². The normalized spacial score (nSPS) is 30.4. The minimum Gasteiger partial charge on any atom is -0.379 e. The molecule has 2 fully saturated rings. The van der Waals surface area contributed by atoms with Crippen molar-refractivity contribution in [2.45, 2.75) is 38.6 Å². The fourth-order valence-electron chi connectivity index (χ4n) is 2.80. The number of carbonyl (C=O) groups excluding carboxylic acids is 1. The molecule has 0 aromatic heterocycles. The van der Waals surface area contributed by atoms with E-state index in [-0.39, 0.29) is 29.0 Å². The molecule has 1 N–H and O–H groups in total. The highest BCUT2D eigenvalue weighted by Gasteiger charge is 2.42. The van der Waals surface area contributed by atoms with Crippen LogP contribution in [0.4, 0.5) is 0 Å². The summed E-state index contributed by atoms with van der Waals surface area (Å²) in [6, 6.07) is 0.195. The van der Waals surface area contributed by atoms with Crippen molar-refractivity contribution in [2.75, 3.05) is 25.2 Å². The Morgan fingerprint density at radius 3 is 2.26 bits per heavy atom. The van der Waals surface area contributed by atoms with Crippen LogP contribution in [0.25, 0.3) is 0 Å².